The van der Waals surface area contributed by atoms with Gasteiger partial charge in [0.15, 0.2) is 5.84 Å². The van der Waals surface area contributed by atoms with Crippen LogP contribution in [0.15, 0.2) is 11.2 Å². The van der Waals surface area contributed by atoms with Crippen molar-refractivity contribution < 1.29 is 5.21 Å². The van der Waals surface area contributed by atoms with Crippen LogP contribution in [0, 0.1) is 0 Å². The third-order valence-electron chi connectivity index (χ3n) is 3.62. The summed E-state index contributed by atoms with van der Waals surface area (Å²) < 4.78 is 0. The number of oxime groups is 1. The molecule has 3 N–H and O–H groups in total. The Balaban J connectivity index is 2.39. The van der Waals surface area contributed by atoms with Crippen molar-refractivity contribution >= 4 is 11.7 Å². The van der Waals surface area contributed by atoms with E-state index < -0.39 is 0 Å². The molecule has 0 aliphatic heterocycles. The smallest absolute Gasteiger partial charge is 0.173 e. The highest BCUT2D eigenvalue weighted by Gasteiger charge is 2.20. The van der Waals surface area contributed by atoms with Crippen LogP contribution in [0.25, 0.3) is 0 Å². The average molecular weight is 262 g/mol. The summed E-state index contributed by atoms with van der Waals surface area (Å²) in [5, 5.41) is 12.1. The molecule has 104 valence electrons. The van der Waals surface area contributed by atoms with Gasteiger partial charge in [-0.2, -0.15) is 0 Å². The number of unbranched alkanes of at least 4 members (excludes halogenated alkanes) is 1. The van der Waals surface area contributed by atoms with Crippen LogP contribution in [-0.2, 0) is 12.8 Å². The Bertz CT molecular complexity index is 485. The van der Waals surface area contributed by atoms with Crippen molar-refractivity contribution in [3.63, 3.8) is 0 Å². The summed E-state index contributed by atoms with van der Waals surface area (Å²) in [6.45, 7) is 3.09. The highest BCUT2D eigenvalue weighted by molar-refractivity contribution is 6.01. The molecule has 0 saturated heterocycles. The Hall–Kier alpha value is -1.78. The number of nitrogens with zero attached hydrogens (tertiary/aromatic N) is 3. The Labute approximate surface area is 114 Å². The van der Waals surface area contributed by atoms with Crippen molar-refractivity contribution in [1.82, 2.24) is 4.98 Å². The standard InChI is InChI=1S/C14H22N4O/c1-3-4-8-18(2)14-11(13(15)17-19)9-10-6-5-7-12(10)16-14/h9,19H,3-8H2,1-2H3,(H2,15,17). The topological polar surface area (TPSA) is 74.7 Å². The molecule has 0 aromatic carbocycles. The summed E-state index contributed by atoms with van der Waals surface area (Å²) in [6.07, 6.45) is 5.44. The molecule has 0 bridgehead atoms. The molecular weight excluding hydrogens is 240 g/mol. The van der Waals surface area contributed by atoms with Gasteiger partial charge in [-0.25, -0.2) is 4.98 Å². The van der Waals surface area contributed by atoms with Gasteiger partial charge in [-0.05, 0) is 37.3 Å². The highest BCUT2D eigenvalue weighted by Crippen LogP contribution is 2.27. The molecule has 1 aromatic rings. The van der Waals surface area contributed by atoms with Crippen molar-refractivity contribution in [3.05, 3.63) is 22.9 Å². The lowest BCUT2D eigenvalue weighted by atomic mass is 10.1. The molecule has 0 saturated carbocycles. The fourth-order valence-electron chi connectivity index (χ4n) is 2.50. The summed E-state index contributed by atoms with van der Waals surface area (Å²) >= 11 is 0. The molecular formula is C14H22N4O. The minimum atomic E-state index is 0.139. The zero-order valence-electron chi connectivity index (χ0n) is 11.7. The van der Waals surface area contributed by atoms with Crippen molar-refractivity contribution in [2.75, 3.05) is 18.5 Å². The Kier molecular flexibility index (Phi) is 4.24. The van der Waals surface area contributed by atoms with Gasteiger partial charge in [0, 0.05) is 19.3 Å². The van der Waals surface area contributed by atoms with Gasteiger partial charge in [-0.15, -0.1) is 0 Å². The predicted octanol–water partition coefficient (Wildman–Crippen LogP) is 1.90. The van der Waals surface area contributed by atoms with Gasteiger partial charge in [-0.3, -0.25) is 0 Å². The van der Waals surface area contributed by atoms with Gasteiger partial charge < -0.3 is 15.8 Å². The van der Waals surface area contributed by atoms with Gasteiger partial charge in [0.25, 0.3) is 0 Å². The Morgan fingerprint density at radius 2 is 2.32 bits per heavy atom. The second-order valence-electron chi connectivity index (χ2n) is 5.08. The number of anilines is 1. The van der Waals surface area contributed by atoms with E-state index in [2.05, 4.69) is 17.0 Å². The first kappa shape index (κ1) is 13.6. The number of rotatable bonds is 5. The monoisotopic (exact) mass is 262 g/mol. The number of pyridine rings is 1. The molecule has 2 rings (SSSR count). The van der Waals surface area contributed by atoms with Crippen LogP contribution >= 0.6 is 0 Å². The molecule has 0 fully saturated rings. The summed E-state index contributed by atoms with van der Waals surface area (Å²) in [6, 6.07) is 2.03. The third-order valence-corrected chi connectivity index (χ3v) is 3.62. The first-order valence-corrected chi connectivity index (χ1v) is 6.89. The lowest BCUT2D eigenvalue weighted by Gasteiger charge is -2.21. The second-order valence-corrected chi connectivity index (χ2v) is 5.08. The molecule has 5 nitrogen and oxygen atoms in total. The first-order valence-electron chi connectivity index (χ1n) is 6.89. The Morgan fingerprint density at radius 3 is 3.00 bits per heavy atom. The lowest BCUT2D eigenvalue weighted by molar-refractivity contribution is 0.318. The molecule has 19 heavy (non-hydrogen) atoms. The van der Waals surface area contributed by atoms with Gasteiger partial charge in [0.1, 0.15) is 5.82 Å². The van der Waals surface area contributed by atoms with E-state index in [1.807, 2.05) is 13.1 Å². The van der Waals surface area contributed by atoms with Crippen LogP contribution in [0.4, 0.5) is 5.82 Å². The van der Waals surface area contributed by atoms with Crippen molar-refractivity contribution in [2.24, 2.45) is 10.9 Å². The van der Waals surface area contributed by atoms with Gasteiger partial charge in [0.2, 0.25) is 0 Å². The fraction of sp³-hybridized carbons (Fsp3) is 0.571. The molecule has 0 amide bonds. The quantitative estimate of drug-likeness (QED) is 0.368. The lowest BCUT2D eigenvalue weighted by Crippen LogP contribution is -2.25. The zero-order valence-corrected chi connectivity index (χ0v) is 11.7. The van der Waals surface area contributed by atoms with Crippen molar-refractivity contribution in [2.45, 2.75) is 39.0 Å². The maximum absolute atomic E-state index is 8.94. The van der Waals surface area contributed by atoms with Crippen molar-refractivity contribution in [3.8, 4) is 0 Å². The van der Waals surface area contributed by atoms with E-state index >= 15 is 0 Å². The van der Waals surface area contributed by atoms with E-state index in [0.29, 0.717) is 0 Å². The van der Waals surface area contributed by atoms with Gasteiger partial charge in [0.05, 0.1) is 5.56 Å². The summed E-state index contributed by atoms with van der Waals surface area (Å²) in [5.41, 5.74) is 8.92. The molecule has 0 unspecified atom stereocenters. The van der Waals surface area contributed by atoms with E-state index in [0.717, 1.165) is 55.7 Å². The SMILES string of the molecule is CCCCN(C)c1nc2c(cc1C(N)=NO)CCC2. The van der Waals surface area contributed by atoms with Crippen LogP contribution < -0.4 is 10.6 Å². The fourth-order valence-corrected chi connectivity index (χ4v) is 2.50. The number of fused-ring (bicyclic) bond motifs is 1. The zero-order chi connectivity index (χ0) is 13.8. The summed E-state index contributed by atoms with van der Waals surface area (Å²) in [7, 11) is 2.01. The van der Waals surface area contributed by atoms with E-state index in [1.54, 1.807) is 0 Å². The van der Waals surface area contributed by atoms with E-state index in [4.69, 9.17) is 15.9 Å². The van der Waals surface area contributed by atoms with Crippen LogP contribution in [0.5, 0.6) is 0 Å². The minimum Gasteiger partial charge on any atom is -0.409 e. The first-order chi connectivity index (χ1) is 9.17. The van der Waals surface area contributed by atoms with Crippen molar-refractivity contribution in [1.29, 1.82) is 0 Å². The van der Waals surface area contributed by atoms with Gasteiger partial charge >= 0.3 is 0 Å². The average Bonchev–Trinajstić information content (AvgIpc) is 2.89. The number of aryl methyl sites for hydroxylation is 2. The number of hydrogen-bond donors (Lipinski definition) is 2. The normalized spacial score (nSPS) is 14.5. The largest absolute Gasteiger partial charge is 0.409 e. The molecule has 1 aliphatic carbocycles. The number of hydrogen-bond acceptors (Lipinski definition) is 4. The Morgan fingerprint density at radius 1 is 1.53 bits per heavy atom. The molecule has 0 radical (unpaired) electrons. The van der Waals surface area contributed by atoms with Crippen LogP contribution in [-0.4, -0.2) is 29.6 Å². The van der Waals surface area contributed by atoms with Crippen LogP contribution in [0.3, 0.4) is 0 Å². The molecule has 1 aromatic heterocycles. The summed E-state index contributed by atoms with van der Waals surface area (Å²) in [5.74, 6) is 0.963. The van der Waals surface area contributed by atoms with Crippen LogP contribution in [0.2, 0.25) is 0 Å². The maximum atomic E-state index is 8.94. The van der Waals surface area contributed by atoms with E-state index in [-0.39, 0.29) is 5.84 Å². The van der Waals surface area contributed by atoms with E-state index in [1.165, 1.54) is 5.56 Å². The van der Waals surface area contributed by atoms with Gasteiger partial charge in [-0.1, -0.05) is 18.5 Å². The summed E-state index contributed by atoms with van der Waals surface area (Å²) in [4.78, 5) is 6.82. The number of aromatic nitrogens is 1. The molecule has 5 heteroatoms. The predicted molar refractivity (Wildman–Crippen MR) is 77.0 cm³/mol. The van der Waals surface area contributed by atoms with E-state index in [9.17, 15) is 0 Å². The minimum absolute atomic E-state index is 0.139. The molecule has 0 spiro atoms. The molecule has 1 aliphatic rings. The highest BCUT2D eigenvalue weighted by atomic mass is 16.4. The van der Waals surface area contributed by atoms with Crippen LogP contribution in [0.1, 0.15) is 43.0 Å². The number of amidine groups is 1. The maximum Gasteiger partial charge on any atom is 0.173 e. The second kappa shape index (κ2) is 5.91. The molecule has 0 atom stereocenters. The molecule has 1 heterocycles. The third kappa shape index (κ3) is 2.80. The number of nitrogens with two attached hydrogens (primary N) is 1.